The highest BCUT2D eigenvalue weighted by Gasteiger charge is 2.26. The Hall–Kier alpha value is -2.74. The number of piperazine rings is 1. The van der Waals surface area contributed by atoms with Crippen LogP contribution in [0.25, 0.3) is 10.8 Å². The molecule has 1 aliphatic rings. The molecule has 0 spiro atoms. The lowest BCUT2D eigenvalue weighted by atomic mass is 10.1. The number of nitrogens with one attached hydrogen (secondary N) is 1. The molecule has 1 aromatic carbocycles. The van der Waals surface area contributed by atoms with E-state index in [1.54, 1.807) is 23.1 Å². The number of benzene rings is 1. The summed E-state index contributed by atoms with van der Waals surface area (Å²) in [5.41, 5.74) is 0.124. The lowest BCUT2D eigenvalue weighted by Crippen LogP contribution is -2.51. The van der Waals surface area contributed by atoms with Crippen LogP contribution in [-0.4, -0.2) is 70.2 Å². The van der Waals surface area contributed by atoms with Crippen LogP contribution in [0, 0.1) is 0 Å². The van der Waals surface area contributed by atoms with Crippen molar-refractivity contribution >= 4 is 22.6 Å². The average Bonchev–Trinajstić information content (AvgIpc) is 2.68. The van der Waals surface area contributed by atoms with Gasteiger partial charge in [-0.05, 0) is 26.8 Å². The lowest BCUT2D eigenvalue weighted by molar-refractivity contribution is -0.123. The number of hydrogen-bond donors (Lipinski definition) is 1. The first-order valence-electron chi connectivity index (χ1n) is 9.71. The van der Waals surface area contributed by atoms with Gasteiger partial charge >= 0.3 is 0 Å². The molecule has 0 aliphatic carbocycles. The maximum absolute atomic E-state index is 13.1. The molecule has 2 amide bonds. The molecule has 3 rings (SSSR count). The second kappa shape index (κ2) is 8.52. The second-order valence-electron chi connectivity index (χ2n) is 7.31. The van der Waals surface area contributed by atoms with Crippen molar-refractivity contribution in [3.8, 4) is 0 Å². The van der Waals surface area contributed by atoms with Gasteiger partial charge in [0, 0.05) is 44.2 Å². The molecule has 1 N–H and O–H groups in total. The summed E-state index contributed by atoms with van der Waals surface area (Å²) in [5.74, 6) is -0.179. The van der Waals surface area contributed by atoms with E-state index in [9.17, 15) is 14.4 Å². The predicted octanol–water partition coefficient (Wildman–Crippen LogP) is 0.699. The van der Waals surface area contributed by atoms with Gasteiger partial charge in [-0.2, -0.15) is 5.10 Å². The Labute approximate surface area is 164 Å². The summed E-state index contributed by atoms with van der Waals surface area (Å²) in [7, 11) is 0. The molecule has 0 bridgehead atoms. The minimum atomic E-state index is -0.185. The fourth-order valence-electron chi connectivity index (χ4n) is 3.44. The van der Waals surface area contributed by atoms with Crippen molar-refractivity contribution < 1.29 is 9.59 Å². The predicted molar refractivity (Wildman–Crippen MR) is 107 cm³/mol. The number of fused-ring (bicyclic) bond motifs is 1. The summed E-state index contributed by atoms with van der Waals surface area (Å²) in [6.45, 7) is 8.74. The van der Waals surface area contributed by atoms with Gasteiger partial charge in [-0.15, -0.1) is 0 Å². The lowest BCUT2D eigenvalue weighted by Gasteiger charge is -2.34. The Bertz CT molecular complexity index is 929. The van der Waals surface area contributed by atoms with E-state index in [0.29, 0.717) is 55.7 Å². The maximum atomic E-state index is 13.1. The number of aryl methyl sites for hydroxylation is 1. The first-order chi connectivity index (χ1) is 13.4. The normalized spacial score (nSPS) is 15.2. The zero-order valence-electron chi connectivity index (χ0n) is 16.6. The molecule has 28 heavy (non-hydrogen) atoms. The molecule has 1 fully saturated rings. The van der Waals surface area contributed by atoms with Crippen molar-refractivity contribution in [3.05, 3.63) is 40.3 Å². The molecule has 0 saturated carbocycles. The molecule has 1 saturated heterocycles. The molecule has 8 heteroatoms. The molecule has 1 aromatic heterocycles. The zero-order valence-corrected chi connectivity index (χ0v) is 16.6. The van der Waals surface area contributed by atoms with E-state index >= 15 is 0 Å². The first-order valence-corrected chi connectivity index (χ1v) is 9.71. The molecular formula is C20H27N5O3. The molecule has 8 nitrogen and oxygen atoms in total. The summed E-state index contributed by atoms with van der Waals surface area (Å²) in [4.78, 5) is 41.3. The topological polar surface area (TPSA) is 87.5 Å². The smallest absolute Gasteiger partial charge is 0.275 e. The number of amides is 2. The van der Waals surface area contributed by atoms with Gasteiger partial charge in [0.05, 0.1) is 11.9 Å². The van der Waals surface area contributed by atoms with E-state index < -0.39 is 0 Å². The third kappa shape index (κ3) is 4.22. The van der Waals surface area contributed by atoms with Gasteiger partial charge in [-0.3, -0.25) is 19.3 Å². The molecule has 150 valence electrons. The monoisotopic (exact) mass is 385 g/mol. The molecule has 0 unspecified atom stereocenters. The molecule has 1 aliphatic heterocycles. The van der Waals surface area contributed by atoms with E-state index in [4.69, 9.17) is 0 Å². The summed E-state index contributed by atoms with van der Waals surface area (Å²) in [6.07, 6.45) is 0. The summed E-state index contributed by atoms with van der Waals surface area (Å²) in [6, 6.07) is 7.21. The summed E-state index contributed by atoms with van der Waals surface area (Å²) < 4.78 is 1.34. The number of aromatic nitrogens is 2. The van der Waals surface area contributed by atoms with Crippen molar-refractivity contribution in [2.45, 2.75) is 33.4 Å². The Morgan fingerprint density at radius 1 is 1.11 bits per heavy atom. The molecule has 0 atom stereocenters. The third-order valence-electron chi connectivity index (χ3n) is 4.85. The van der Waals surface area contributed by atoms with Crippen LogP contribution in [0.5, 0.6) is 0 Å². The highest BCUT2D eigenvalue weighted by atomic mass is 16.2. The van der Waals surface area contributed by atoms with Gasteiger partial charge < -0.3 is 10.2 Å². The number of hydrogen-bond acceptors (Lipinski definition) is 5. The number of rotatable bonds is 5. The molecule has 2 heterocycles. The summed E-state index contributed by atoms with van der Waals surface area (Å²) >= 11 is 0. The number of carbonyl (C=O) groups is 2. The van der Waals surface area contributed by atoms with E-state index in [0.717, 1.165) is 0 Å². The fraction of sp³-hybridized carbons (Fsp3) is 0.500. The minimum absolute atomic E-state index is 0.00235. The van der Waals surface area contributed by atoms with Crippen molar-refractivity contribution in [2.24, 2.45) is 0 Å². The fourth-order valence-corrected chi connectivity index (χ4v) is 3.44. The Kier molecular flexibility index (Phi) is 6.08. The molecule has 0 radical (unpaired) electrons. The zero-order chi connectivity index (χ0) is 20.3. The van der Waals surface area contributed by atoms with Gasteiger partial charge in [0.15, 0.2) is 5.69 Å². The standard InChI is InChI=1S/C20H27N5O3/c1-4-25-19(27)16-8-6-5-7-15(16)18(22-25)20(28)24-11-9-23(10-12-24)13-17(26)21-14(2)3/h5-8,14H,4,9-13H2,1-3H3,(H,21,26). The van der Waals surface area contributed by atoms with Gasteiger partial charge in [-0.25, -0.2) is 4.68 Å². The Morgan fingerprint density at radius 3 is 2.36 bits per heavy atom. The van der Waals surface area contributed by atoms with E-state index in [1.165, 1.54) is 4.68 Å². The first kappa shape index (κ1) is 20.0. The van der Waals surface area contributed by atoms with Crippen molar-refractivity contribution in [1.29, 1.82) is 0 Å². The number of carbonyl (C=O) groups excluding carboxylic acids is 2. The van der Waals surface area contributed by atoms with Crippen LogP contribution in [0.1, 0.15) is 31.3 Å². The maximum Gasteiger partial charge on any atom is 0.275 e. The quantitative estimate of drug-likeness (QED) is 0.819. The van der Waals surface area contributed by atoms with Crippen molar-refractivity contribution in [2.75, 3.05) is 32.7 Å². The van der Waals surface area contributed by atoms with Crippen molar-refractivity contribution in [3.63, 3.8) is 0 Å². The van der Waals surface area contributed by atoms with Crippen LogP contribution in [0.2, 0.25) is 0 Å². The van der Waals surface area contributed by atoms with Gasteiger partial charge in [0.1, 0.15) is 0 Å². The summed E-state index contributed by atoms with van der Waals surface area (Å²) in [5, 5.41) is 8.30. The highest BCUT2D eigenvalue weighted by Crippen LogP contribution is 2.16. The highest BCUT2D eigenvalue weighted by molar-refractivity contribution is 6.04. The number of nitrogens with zero attached hydrogens (tertiary/aromatic N) is 4. The van der Waals surface area contributed by atoms with E-state index in [-0.39, 0.29) is 23.4 Å². The van der Waals surface area contributed by atoms with Crippen molar-refractivity contribution in [1.82, 2.24) is 24.9 Å². The minimum Gasteiger partial charge on any atom is -0.353 e. The Morgan fingerprint density at radius 2 is 1.75 bits per heavy atom. The van der Waals surface area contributed by atoms with Crippen LogP contribution in [0.3, 0.4) is 0 Å². The SMILES string of the molecule is CCn1nc(C(=O)N2CCN(CC(=O)NC(C)C)CC2)c2ccccc2c1=O. The van der Waals surface area contributed by atoms with Crippen LogP contribution in [0.15, 0.2) is 29.1 Å². The average molecular weight is 385 g/mol. The van der Waals surface area contributed by atoms with E-state index in [2.05, 4.69) is 10.4 Å². The van der Waals surface area contributed by atoms with Crippen LogP contribution in [0.4, 0.5) is 0 Å². The second-order valence-corrected chi connectivity index (χ2v) is 7.31. The van der Waals surface area contributed by atoms with Gasteiger partial charge in [0.2, 0.25) is 5.91 Å². The van der Waals surface area contributed by atoms with Gasteiger partial charge in [-0.1, -0.05) is 18.2 Å². The molecule has 2 aromatic rings. The third-order valence-corrected chi connectivity index (χ3v) is 4.85. The van der Waals surface area contributed by atoms with Crippen LogP contribution in [-0.2, 0) is 11.3 Å². The Balaban J connectivity index is 1.75. The van der Waals surface area contributed by atoms with E-state index in [1.807, 2.05) is 31.7 Å². The van der Waals surface area contributed by atoms with Crippen LogP contribution >= 0.6 is 0 Å². The largest absolute Gasteiger partial charge is 0.353 e. The van der Waals surface area contributed by atoms with Crippen LogP contribution < -0.4 is 10.9 Å². The molecular weight excluding hydrogens is 358 g/mol. The van der Waals surface area contributed by atoms with Gasteiger partial charge in [0.25, 0.3) is 11.5 Å².